The van der Waals surface area contributed by atoms with Gasteiger partial charge >= 0.3 is 0 Å². The zero-order valence-electron chi connectivity index (χ0n) is 24.7. The Balaban J connectivity index is 0.00000353. The van der Waals surface area contributed by atoms with E-state index in [1.165, 1.54) is 17.7 Å². The fraction of sp³-hybridized carbons (Fsp3) is 0.743. The summed E-state index contributed by atoms with van der Waals surface area (Å²) < 4.78 is 0. The summed E-state index contributed by atoms with van der Waals surface area (Å²) in [5.74, 6) is 0.913. The largest absolute Gasteiger partial charge is 0.383 e. The van der Waals surface area contributed by atoms with Crippen LogP contribution in [0.4, 0.5) is 0 Å². The van der Waals surface area contributed by atoms with Gasteiger partial charge in [-0.2, -0.15) is 5.26 Å². The maximum atomic E-state index is 14.4. The number of carbonyl (C=O) groups is 2. The number of nitrogens with one attached hydrogen (secondary N) is 1. The zero-order valence-corrected chi connectivity index (χ0v) is 24.7. The van der Waals surface area contributed by atoms with Crippen LogP contribution in [0.3, 0.4) is 0 Å². The highest BCUT2D eigenvalue weighted by Gasteiger charge is 2.64. The molecule has 0 amide bonds. The zero-order chi connectivity index (χ0) is 27.7. The van der Waals surface area contributed by atoms with Crippen LogP contribution >= 0.6 is 0 Å². The Morgan fingerprint density at radius 3 is 2.38 bits per heavy atom. The van der Waals surface area contributed by atoms with E-state index in [2.05, 4.69) is 59.0 Å². The molecule has 214 valence electrons. The summed E-state index contributed by atoms with van der Waals surface area (Å²) in [6.45, 7) is 15.8. The van der Waals surface area contributed by atoms with E-state index in [1.807, 2.05) is 19.1 Å². The van der Waals surface area contributed by atoms with Crippen LogP contribution < -0.4 is 5.32 Å². The molecule has 5 aliphatic rings. The van der Waals surface area contributed by atoms with Crippen LogP contribution in [0.2, 0.25) is 0 Å². The lowest BCUT2D eigenvalue weighted by molar-refractivity contribution is -0.139. The summed E-state index contributed by atoms with van der Waals surface area (Å²) >= 11 is 0. The van der Waals surface area contributed by atoms with Gasteiger partial charge in [-0.3, -0.25) is 9.59 Å². The summed E-state index contributed by atoms with van der Waals surface area (Å²) in [7, 11) is 0. The molecule has 0 saturated heterocycles. The Bertz CT molecular complexity index is 1170. The molecule has 0 spiro atoms. The molecule has 0 aromatic heterocycles. The van der Waals surface area contributed by atoms with Gasteiger partial charge in [0, 0.05) is 28.5 Å². The smallest absolute Gasteiger partial charge is 0.176 e. The van der Waals surface area contributed by atoms with Crippen molar-refractivity contribution in [2.24, 2.45) is 45.8 Å². The van der Waals surface area contributed by atoms with Gasteiger partial charge < -0.3 is 5.32 Å². The lowest BCUT2D eigenvalue weighted by atomic mass is 9.40. The summed E-state index contributed by atoms with van der Waals surface area (Å²) in [6.07, 6.45) is 15.9. The Morgan fingerprint density at radius 1 is 1.05 bits per heavy atom. The molecule has 39 heavy (non-hydrogen) atoms. The standard InChI is InChI=1S/C34H48N2O2.CH4/c1-8-10-23(9-2)36-34-14-12-25-29(26(34)19-31(4,5)15-16-34)27(37)17-28-32(25,6)13-11-24-21(3)30(38)22(20-35)18-33(24,28)7;/h10,17-18,21,24-26,29,36H,8-9,11-16,19H2,1-7H3;1H4/b23-10-;. The lowest BCUT2D eigenvalue weighted by Crippen LogP contribution is -2.65. The number of hydrogen-bond acceptors (Lipinski definition) is 4. The van der Waals surface area contributed by atoms with Gasteiger partial charge in [0.05, 0.1) is 5.57 Å². The number of hydrogen-bond donors (Lipinski definition) is 1. The van der Waals surface area contributed by atoms with Crippen molar-refractivity contribution in [1.82, 2.24) is 5.32 Å². The molecule has 1 N–H and O–H groups in total. The minimum Gasteiger partial charge on any atom is -0.383 e. The van der Waals surface area contributed by atoms with Crippen LogP contribution in [0.25, 0.3) is 0 Å². The third kappa shape index (κ3) is 4.38. The second-order valence-electron chi connectivity index (χ2n) is 14.5. The van der Waals surface area contributed by atoms with Crippen molar-refractivity contribution < 1.29 is 9.59 Å². The molecule has 0 aliphatic heterocycles. The Kier molecular flexibility index (Phi) is 7.68. The molecule has 3 fully saturated rings. The third-order valence-corrected chi connectivity index (χ3v) is 12.0. The summed E-state index contributed by atoms with van der Waals surface area (Å²) in [5, 5.41) is 13.9. The Hall–Kier alpha value is -2.15. The number of rotatable bonds is 4. The van der Waals surface area contributed by atoms with E-state index >= 15 is 0 Å². The quantitative estimate of drug-likeness (QED) is 0.397. The average molecular weight is 533 g/mol. The number of nitriles is 1. The summed E-state index contributed by atoms with van der Waals surface area (Å²) in [4.78, 5) is 27.3. The Labute approximate surface area is 237 Å². The molecule has 4 nitrogen and oxygen atoms in total. The number of allylic oxidation sites excluding steroid dienone is 6. The van der Waals surface area contributed by atoms with Gasteiger partial charge in [-0.25, -0.2) is 0 Å². The molecule has 0 heterocycles. The first-order chi connectivity index (χ1) is 17.9. The Morgan fingerprint density at radius 2 is 1.74 bits per heavy atom. The van der Waals surface area contributed by atoms with Crippen LogP contribution in [0.15, 0.2) is 35.1 Å². The van der Waals surface area contributed by atoms with Gasteiger partial charge in [0.2, 0.25) is 0 Å². The van der Waals surface area contributed by atoms with E-state index in [1.54, 1.807) is 0 Å². The molecule has 0 aromatic rings. The van der Waals surface area contributed by atoms with Crippen molar-refractivity contribution >= 4 is 11.6 Å². The van der Waals surface area contributed by atoms with Crippen molar-refractivity contribution in [2.75, 3.05) is 0 Å². The molecule has 0 bridgehead atoms. The van der Waals surface area contributed by atoms with E-state index < -0.39 is 5.41 Å². The minimum absolute atomic E-state index is 0. The normalized spacial score (nSPS) is 42.8. The number of ketones is 2. The number of Topliss-reactive ketones (excluding diaryl/α,β-unsaturated/α-hetero) is 1. The van der Waals surface area contributed by atoms with Crippen molar-refractivity contribution in [1.29, 1.82) is 5.26 Å². The van der Waals surface area contributed by atoms with E-state index in [-0.39, 0.29) is 52.9 Å². The van der Waals surface area contributed by atoms with Crippen LogP contribution in [-0.2, 0) is 9.59 Å². The molecule has 5 rings (SSSR count). The molecule has 0 aromatic carbocycles. The topological polar surface area (TPSA) is 70.0 Å². The van der Waals surface area contributed by atoms with E-state index in [9.17, 15) is 14.9 Å². The first kappa shape index (κ1) is 29.8. The molecular weight excluding hydrogens is 480 g/mol. The number of carbonyl (C=O) groups excluding carboxylic acids is 2. The monoisotopic (exact) mass is 532 g/mol. The third-order valence-electron chi connectivity index (χ3n) is 12.0. The highest BCUT2D eigenvalue weighted by Crippen LogP contribution is 2.68. The lowest BCUT2D eigenvalue weighted by Gasteiger charge is -2.64. The average Bonchev–Trinajstić information content (AvgIpc) is 2.87. The van der Waals surface area contributed by atoms with Gasteiger partial charge in [-0.1, -0.05) is 73.6 Å². The predicted molar refractivity (Wildman–Crippen MR) is 158 cm³/mol. The summed E-state index contributed by atoms with van der Waals surface area (Å²) in [5.41, 5.74) is 2.56. The molecule has 4 heteroatoms. The molecule has 0 radical (unpaired) electrons. The van der Waals surface area contributed by atoms with Crippen molar-refractivity contribution in [3.05, 3.63) is 35.1 Å². The first-order valence-corrected chi connectivity index (χ1v) is 15.3. The van der Waals surface area contributed by atoms with Crippen LogP contribution in [0.5, 0.6) is 0 Å². The SMILES string of the molecule is C.CC/C=C(/CC)NC12CCC3C(C(=O)C=C4C5(C)C=C(C#N)C(=O)C(C)C5CCC43C)C1CC(C)(C)CC2. The van der Waals surface area contributed by atoms with Crippen LogP contribution in [0, 0.1) is 57.2 Å². The fourth-order valence-electron chi connectivity index (χ4n) is 9.96. The number of nitrogens with zero attached hydrogens (tertiary/aromatic N) is 1. The van der Waals surface area contributed by atoms with Gasteiger partial charge in [0.1, 0.15) is 6.07 Å². The second kappa shape index (κ2) is 10.0. The second-order valence-corrected chi connectivity index (χ2v) is 14.5. The molecule has 5 aliphatic carbocycles. The molecule has 3 saturated carbocycles. The van der Waals surface area contributed by atoms with Gasteiger partial charge in [-0.15, -0.1) is 0 Å². The predicted octanol–water partition coefficient (Wildman–Crippen LogP) is 8.11. The minimum atomic E-state index is -0.413. The first-order valence-electron chi connectivity index (χ1n) is 15.3. The maximum absolute atomic E-state index is 14.4. The highest BCUT2D eigenvalue weighted by molar-refractivity contribution is 6.02. The van der Waals surface area contributed by atoms with Crippen LogP contribution in [-0.4, -0.2) is 17.1 Å². The van der Waals surface area contributed by atoms with E-state index in [0.717, 1.165) is 51.4 Å². The summed E-state index contributed by atoms with van der Waals surface area (Å²) in [6, 6.07) is 2.19. The number of fused-ring (bicyclic) bond motifs is 7. The van der Waals surface area contributed by atoms with Gasteiger partial charge in [-0.05, 0) is 92.4 Å². The van der Waals surface area contributed by atoms with E-state index in [4.69, 9.17) is 0 Å². The van der Waals surface area contributed by atoms with Gasteiger partial charge in [0.25, 0.3) is 0 Å². The van der Waals surface area contributed by atoms with Crippen molar-refractivity contribution in [3.63, 3.8) is 0 Å². The molecule has 8 atom stereocenters. The van der Waals surface area contributed by atoms with Crippen molar-refractivity contribution in [2.45, 2.75) is 119 Å². The maximum Gasteiger partial charge on any atom is 0.176 e. The molecular formula is C35H52N2O2. The van der Waals surface area contributed by atoms with Crippen LogP contribution in [0.1, 0.15) is 114 Å². The fourth-order valence-corrected chi connectivity index (χ4v) is 9.96. The highest BCUT2D eigenvalue weighted by atomic mass is 16.1. The van der Waals surface area contributed by atoms with Gasteiger partial charge in [0.15, 0.2) is 11.6 Å². The van der Waals surface area contributed by atoms with Crippen molar-refractivity contribution in [3.8, 4) is 6.07 Å². The molecule has 8 unspecified atom stereocenters. The van der Waals surface area contributed by atoms with E-state index in [0.29, 0.717) is 17.6 Å².